The Hall–Kier alpha value is 0.350. The highest BCUT2D eigenvalue weighted by Gasteiger charge is 1.94. The van der Waals surface area contributed by atoms with Crippen LogP contribution in [-0.2, 0) is 0 Å². The molecule has 0 aromatic heterocycles. The molecule has 0 aromatic carbocycles. The molecular formula is C21H43S. The van der Waals surface area contributed by atoms with Crippen LogP contribution in [0.15, 0.2) is 0 Å². The molecule has 0 N–H and O–H groups in total. The van der Waals surface area contributed by atoms with E-state index in [9.17, 15) is 0 Å². The number of unbranched alkanes of at least 4 members (excludes halogenated alkanes) is 15. The van der Waals surface area contributed by atoms with Crippen LogP contribution in [0.1, 0.15) is 123 Å². The first-order valence-corrected chi connectivity index (χ1v) is 11.4. The molecule has 0 amide bonds. The first kappa shape index (κ1) is 22.4. The molecule has 0 saturated heterocycles. The highest BCUT2D eigenvalue weighted by atomic mass is 32.2. The monoisotopic (exact) mass is 327 g/mol. The Morgan fingerprint density at radius 1 is 0.500 bits per heavy atom. The van der Waals surface area contributed by atoms with Gasteiger partial charge in [-0.05, 0) is 18.6 Å². The third kappa shape index (κ3) is 20.3. The number of hydrogen-bond acceptors (Lipinski definition) is 1. The summed E-state index contributed by atoms with van der Waals surface area (Å²) in [5.41, 5.74) is 0. The van der Waals surface area contributed by atoms with Crippen LogP contribution in [0.3, 0.4) is 0 Å². The van der Waals surface area contributed by atoms with Gasteiger partial charge in [0.05, 0.1) is 0 Å². The number of hydrogen-bond donors (Lipinski definition) is 0. The molecule has 0 aliphatic heterocycles. The van der Waals surface area contributed by atoms with Gasteiger partial charge in [0.15, 0.2) is 0 Å². The van der Waals surface area contributed by atoms with E-state index in [1.54, 1.807) is 0 Å². The normalized spacial score (nSPS) is 11.2. The van der Waals surface area contributed by atoms with Crippen LogP contribution in [0.4, 0.5) is 0 Å². The van der Waals surface area contributed by atoms with E-state index < -0.39 is 0 Å². The molecule has 22 heavy (non-hydrogen) atoms. The Balaban J connectivity index is 2.91. The minimum Gasteiger partial charge on any atom is -0.157 e. The Bertz CT molecular complexity index is 159. The van der Waals surface area contributed by atoms with E-state index in [0.717, 1.165) is 0 Å². The summed E-state index contributed by atoms with van der Waals surface area (Å²) in [5.74, 6) is 3.68. The second-order valence-corrected chi connectivity index (χ2v) is 7.82. The second kappa shape index (κ2) is 21.4. The van der Waals surface area contributed by atoms with Crippen LogP contribution < -0.4 is 0 Å². The van der Waals surface area contributed by atoms with Gasteiger partial charge in [-0.25, -0.2) is 0 Å². The maximum atomic E-state index is 2.34. The predicted molar refractivity (Wildman–Crippen MR) is 107 cm³/mol. The van der Waals surface area contributed by atoms with Gasteiger partial charge in [0.25, 0.3) is 0 Å². The van der Waals surface area contributed by atoms with E-state index in [1.807, 2.05) is 11.8 Å². The lowest BCUT2D eigenvalue weighted by atomic mass is 10.0. The molecule has 0 heterocycles. The van der Waals surface area contributed by atoms with Gasteiger partial charge in [-0.1, -0.05) is 110 Å². The molecule has 1 radical (unpaired) electrons. The summed E-state index contributed by atoms with van der Waals surface area (Å²) in [7, 11) is 0. The Labute approximate surface area is 146 Å². The molecule has 0 rings (SSSR count). The minimum atomic E-state index is 1.21. The third-order valence-corrected chi connectivity index (χ3v) is 5.49. The smallest absolute Gasteiger partial charge is 0.0163 e. The fourth-order valence-corrected chi connectivity index (χ4v) is 3.71. The van der Waals surface area contributed by atoms with Gasteiger partial charge >= 0.3 is 0 Å². The van der Waals surface area contributed by atoms with Crippen molar-refractivity contribution in [3.63, 3.8) is 0 Å². The first-order valence-electron chi connectivity index (χ1n) is 10.3. The van der Waals surface area contributed by atoms with Crippen LogP contribution >= 0.6 is 11.8 Å². The molecule has 1 heteroatoms. The fraction of sp³-hybridized carbons (Fsp3) is 0.952. The van der Waals surface area contributed by atoms with Gasteiger partial charge in [0, 0.05) is 5.75 Å². The summed E-state index contributed by atoms with van der Waals surface area (Å²) in [4.78, 5) is 0. The lowest BCUT2D eigenvalue weighted by Crippen LogP contribution is -1.84. The summed E-state index contributed by atoms with van der Waals surface area (Å²) >= 11 is 2.01. The van der Waals surface area contributed by atoms with Crippen LogP contribution in [-0.4, -0.2) is 5.75 Å². The third-order valence-electron chi connectivity index (χ3n) is 4.40. The molecule has 133 valence electrons. The van der Waals surface area contributed by atoms with E-state index >= 15 is 0 Å². The Morgan fingerprint density at radius 2 is 0.864 bits per heavy atom. The fourth-order valence-electron chi connectivity index (χ4n) is 2.93. The van der Waals surface area contributed by atoms with Crippen molar-refractivity contribution in [2.24, 2.45) is 0 Å². The molecule has 0 fully saturated rings. The van der Waals surface area contributed by atoms with Gasteiger partial charge in [0.2, 0.25) is 0 Å². The van der Waals surface area contributed by atoms with Gasteiger partial charge in [-0.2, -0.15) is 11.8 Å². The quantitative estimate of drug-likeness (QED) is 0.214. The average Bonchev–Trinajstić information content (AvgIpc) is 2.54. The Morgan fingerprint density at radius 3 is 1.23 bits per heavy atom. The lowest BCUT2D eigenvalue weighted by Gasteiger charge is -2.03. The SMILES string of the molecule is CC[CH]SCCCCCCCCCCCCCCCCCC. The maximum Gasteiger partial charge on any atom is 0.0163 e. The van der Waals surface area contributed by atoms with Crippen molar-refractivity contribution in [1.82, 2.24) is 0 Å². The van der Waals surface area contributed by atoms with Crippen molar-refractivity contribution in [3.8, 4) is 0 Å². The summed E-state index contributed by atoms with van der Waals surface area (Å²) in [5, 5.41) is 0. The van der Waals surface area contributed by atoms with E-state index in [1.165, 1.54) is 115 Å². The lowest BCUT2D eigenvalue weighted by molar-refractivity contribution is 0.532. The molecule has 0 aliphatic carbocycles. The van der Waals surface area contributed by atoms with Crippen molar-refractivity contribution in [3.05, 3.63) is 5.75 Å². The van der Waals surface area contributed by atoms with E-state index in [0.29, 0.717) is 0 Å². The molecule has 0 spiro atoms. The highest BCUT2D eigenvalue weighted by molar-refractivity contribution is 8.01. The van der Waals surface area contributed by atoms with Gasteiger partial charge in [0.1, 0.15) is 0 Å². The van der Waals surface area contributed by atoms with Crippen LogP contribution in [0.2, 0.25) is 0 Å². The zero-order chi connectivity index (χ0) is 16.1. The zero-order valence-electron chi connectivity index (χ0n) is 15.7. The van der Waals surface area contributed by atoms with Crippen molar-refractivity contribution in [2.45, 2.75) is 123 Å². The summed E-state index contributed by atoms with van der Waals surface area (Å²) in [6, 6.07) is 0. The van der Waals surface area contributed by atoms with Gasteiger partial charge in [-0.3, -0.25) is 0 Å². The van der Waals surface area contributed by atoms with Gasteiger partial charge < -0.3 is 0 Å². The minimum absolute atomic E-state index is 1.21. The molecule has 0 atom stereocenters. The van der Waals surface area contributed by atoms with Crippen molar-refractivity contribution < 1.29 is 0 Å². The zero-order valence-corrected chi connectivity index (χ0v) is 16.5. The van der Waals surface area contributed by atoms with Crippen LogP contribution in [0.25, 0.3) is 0 Å². The number of thioether (sulfide) groups is 1. The standard InChI is InChI=1S/C21H43S/c1-3-5-6-7-8-9-10-11-12-13-14-15-16-17-18-19-21-22-20-4-2/h20H,3-19,21H2,1-2H3. The largest absolute Gasteiger partial charge is 0.157 e. The van der Waals surface area contributed by atoms with Crippen molar-refractivity contribution in [1.29, 1.82) is 0 Å². The van der Waals surface area contributed by atoms with E-state index in [-0.39, 0.29) is 0 Å². The molecule has 0 aromatic rings. The number of rotatable bonds is 19. The van der Waals surface area contributed by atoms with Crippen molar-refractivity contribution in [2.75, 3.05) is 5.75 Å². The summed E-state index contributed by atoms with van der Waals surface area (Å²) in [6.45, 7) is 4.52. The summed E-state index contributed by atoms with van der Waals surface area (Å²) in [6.07, 6.45) is 24.6. The maximum absolute atomic E-state index is 2.34. The average molecular weight is 328 g/mol. The second-order valence-electron chi connectivity index (χ2n) is 6.75. The molecule has 0 nitrogen and oxygen atoms in total. The van der Waals surface area contributed by atoms with Crippen LogP contribution in [0.5, 0.6) is 0 Å². The Kier molecular flexibility index (Phi) is 21.7. The molecule has 0 bridgehead atoms. The summed E-state index contributed by atoms with van der Waals surface area (Å²) < 4.78 is 0. The molecule has 0 aliphatic rings. The molecule has 0 unspecified atom stereocenters. The van der Waals surface area contributed by atoms with Crippen LogP contribution in [0, 0.1) is 5.75 Å². The van der Waals surface area contributed by atoms with Crippen molar-refractivity contribution >= 4 is 11.8 Å². The molecule has 0 saturated carbocycles. The van der Waals surface area contributed by atoms with E-state index in [2.05, 4.69) is 19.6 Å². The topological polar surface area (TPSA) is 0 Å². The molecular weight excluding hydrogens is 284 g/mol. The first-order chi connectivity index (χ1) is 10.9. The van der Waals surface area contributed by atoms with E-state index in [4.69, 9.17) is 0 Å². The highest BCUT2D eigenvalue weighted by Crippen LogP contribution is 2.15. The predicted octanol–water partition coefficient (Wildman–Crippen LogP) is 8.55. The van der Waals surface area contributed by atoms with Gasteiger partial charge in [-0.15, -0.1) is 0 Å².